The van der Waals surface area contributed by atoms with Crippen LogP contribution >= 0.6 is 35.6 Å². The van der Waals surface area contributed by atoms with Crippen LogP contribution in [0, 0.1) is 0 Å². The Labute approximate surface area is 130 Å². The summed E-state index contributed by atoms with van der Waals surface area (Å²) in [5, 5.41) is 3.34. The van der Waals surface area contributed by atoms with Gasteiger partial charge in [0.15, 0.2) is 0 Å². The molecule has 0 aliphatic rings. The van der Waals surface area contributed by atoms with Gasteiger partial charge in [0.2, 0.25) is 10.0 Å². The smallest absolute Gasteiger partial charge is 0.243 e. The molecule has 110 valence electrons. The highest BCUT2D eigenvalue weighted by atomic mass is 35.5. The molecule has 0 aromatic heterocycles. The van der Waals surface area contributed by atoms with Gasteiger partial charge in [-0.05, 0) is 25.6 Å². The highest BCUT2D eigenvalue weighted by molar-refractivity contribution is 7.89. The maximum Gasteiger partial charge on any atom is 0.243 e. The molecule has 0 heterocycles. The summed E-state index contributed by atoms with van der Waals surface area (Å²) in [5.74, 6) is 0. The average molecular weight is 348 g/mol. The fourth-order valence-electron chi connectivity index (χ4n) is 1.47. The van der Waals surface area contributed by atoms with Crippen molar-refractivity contribution in [2.75, 3.05) is 13.1 Å². The monoisotopic (exact) mass is 346 g/mol. The SMILES string of the molecule is CCN[C@H](C)CNS(=O)(=O)c1c(Cl)cccc1Cl.Cl. The Bertz CT molecular complexity index is 488. The van der Waals surface area contributed by atoms with Gasteiger partial charge < -0.3 is 5.32 Å². The number of rotatable bonds is 6. The van der Waals surface area contributed by atoms with Crippen LogP contribution in [0.3, 0.4) is 0 Å². The fourth-order valence-corrected chi connectivity index (χ4v) is 3.74. The first kappa shape index (κ1) is 19.0. The van der Waals surface area contributed by atoms with Crippen molar-refractivity contribution in [2.24, 2.45) is 0 Å². The van der Waals surface area contributed by atoms with Crippen molar-refractivity contribution in [2.45, 2.75) is 24.8 Å². The molecular formula is C11H17Cl3N2O2S. The summed E-state index contributed by atoms with van der Waals surface area (Å²) in [6, 6.07) is 4.63. The predicted molar refractivity (Wildman–Crippen MR) is 82.0 cm³/mol. The zero-order valence-electron chi connectivity index (χ0n) is 10.6. The lowest BCUT2D eigenvalue weighted by atomic mass is 10.3. The third-order valence-electron chi connectivity index (χ3n) is 2.32. The third kappa shape index (κ3) is 5.45. The molecule has 0 bridgehead atoms. The van der Waals surface area contributed by atoms with Crippen LogP contribution in [-0.4, -0.2) is 27.5 Å². The minimum atomic E-state index is -3.69. The zero-order valence-corrected chi connectivity index (χ0v) is 13.8. The molecule has 1 atom stereocenters. The summed E-state index contributed by atoms with van der Waals surface area (Å²) < 4.78 is 26.6. The second kappa shape index (κ2) is 8.29. The molecule has 0 fully saturated rings. The van der Waals surface area contributed by atoms with Crippen LogP contribution in [0.25, 0.3) is 0 Å². The van der Waals surface area contributed by atoms with Crippen molar-refractivity contribution in [3.63, 3.8) is 0 Å². The average Bonchev–Trinajstić information content (AvgIpc) is 2.26. The fraction of sp³-hybridized carbons (Fsp3) is 0.455. The van der Waals surface area contributed by atoms with E-state index in [-0.39, 0.29) is 39.9 Å². The Hall–Kier alpha value is -0.0400. The number of benzene rings is 1. The first-order valence-corrected chi connectivity index (χ1v) is 7.79. The van der Waals surface area contributed by atoms with Gasteiger partial charge >= 0.3 is 0 Å². The van der Waals surface area contributed by atoms with E-state index in [0.29, 0.717) is 0 Å². The van der Waals surface area contributed by atoms with Gasteiger partial charge in [-0.25, -0.2) is 13.1 Å². The van der Waals surface area contributed by atoms with Crippen molar-refractivity contribution < 1.29 is 8.42 Å². The van der Waals surface area contributed by atoms with E-state index >= 15 is 0 Å². The van der Waals surface area contributed by atoms with Gasteiger partial charge in [0, 0.05) is 12.6 Å². The summed E-state index contributed by atoms with van der Waals surface area (Å²) in [7, 11) is -3.69. The normalized spacial score (nSPS) is 12.8. The molecule has 0 amide bonds. The van der Waals surface area contributed by atoms with Crippen LogP contribution in [0.5, 0.6) is 0 Å². The van der Waals surface area contributed by atoms with Crippen molar-refractivity contribution in [3.8, 4) is 0 Å². The van der Waals surface area contributed by atoms with Gasteiger partial charge in [-0.1, -0.05) is 36.2 Å². The summed E-state index contributed by atoms with van der Waals surface area (Å²) in [5.41, 5.74) is 0. The summed E-state index contributed by atoms with van der Waals surface area (Å²) in [4.78, 5) is -0.0722. The summed E-state index contributed by atoms with van der Waals surface area (Å²) in [6.45, 7) is 4.89. The summed E-state index contributed by atoms with van der Waals surface area (Å²) in [6.07, 6.45) is 0. The Kier molecular flexibility index (Phi) is 8.27. The lowest BCUT2D eigenvalue weighted by Crippen LogP contribution is -2.38. The van der Waals surface area contributed by atoms with E-state index in [1.165, 1.54) is 12.1 Å². The molecule has 19 heavy (non-hydrogen) atoms. The maximum absolute atomic E-state index is 12.1. The number of nitrogens with one attached hydrogen (secondary N) is 2. The minimum Gasteiger partial charge on any atom is -0.313 e. The van der Waals surface area contributed by atoms with E-state index in [9.17, 15) is 8.42 Å². The number of hydrogen-bond donors (Lipinski definition) is 2. The highest BCUT2D eigenvalue weighted by Gasteiger charge is 2.21. The van der Waals surface area contributed by atoms with Crippen LogP contribution < -0.4 is 10.0 Å². The quantitative estimate of drug-likeness (QED) is 0.832. The van der Waals surface area contributed by atoms with Crippen LogP contribution in [-0.2, 0) is 10.0 Å². The molecule has 1 aromatic rings. The standard InChI is InChI=1S/C11H16Cl2N2O2S.ClH/c1-3-14-8(2)7-15-18(16,17)11-9(12)5-4-6-10(11)13;/h4-6,8,14-15H,3,7H2,1-2H3;1H/t8-;/m1./s1. The second-order valence-corrected chi connectivity index (χ2v) is 6.38. The number of likely N-dealkylation sites (N-methyl/N-ethyl adjacent to an activating group) is 1. The zero-order chi connectivity index (χ0) is 13.8. The van der Waals surface area contributed by atoms with Crippen LogP contribution in [0.2, 0.25) is 10.0 Å². The van der Waals surface area contributed by atoms with Gasteiger partial charge in [-0.15, -0.1) is 12.4 Å². The molecule has 0 unspecified atom stereocenters. The van der Waals surface area contributed by atoms with E-state index in [4.69, 9.17) is 23.2 Å². The molecule has 1 aromatic carbocycles. The predicted octanol–water partition coefficient (Wildman–Crippen LogP) is 2.69. The first-order chi connectivity index (χ1) is 8.38. The van der Waals surface area contributed by atoms with E-state index in [0.717, 1.165) is 6.54 Å². The minimum absolute atomic E-state index is 0. The van der Waals surface area contributed by atoms with Crippen molar-refractivity contribution in [1.82, 2.24) is 10.0 Å². The molecular weight excluding hydrogens is 331 g/mol. The Morgan fingerprint density at radius 3 is 2.26 bits per heavy atom. The van der Waals surface area contributed by atoms with Crippen molar-refractivity contribution in [3.05, 3.63) is 28.2 Å². The second-order valence-electron chi connectivity index (χ2n) is 3.86. The van der Waals surface area contributed by atoms with Gasteiger partial charge in [0.25, 0.3) is 0 Å². The van der Waals surface area contributed by atoms with E-state index in [2.05, 4.69) is 10.0 Å². The van der Waals surface area contributed by atoms with Crippen molar-refractivity contribution in [1.29, 1.82) is 0 Å². The number of sulfonamides is 1. The van der Waals surface area contributed by atoms with Gasteiger partial charge in [0.1, 0.15) is 4.90 Å². The van der Waals surface area contributed by atoms with E-state index in [1.54, 1.807) is 6.07 Å². The molecule has 0 aliphatic heterocycles. The van der Waals surface area contributed by atoms with Crippen LogP contribution in [0.1, 0.15) is 13.8 Å². The largest absolute Gasteiger partial charge is 0.313 e. The highest BCUT2D eigenvalue weighted by Crippen LogP contribution is 2.28. The molecule has 4 nitrogen and oxygen atoms in total. The van der Waals surface area contributed by atoms with Crippen LogP contribution in [0.4, 0.5) is 0 Å². The molecule has 2 N–H and O–H groups in total. The molecule has 0 radical (unpaired) electrons. The first-order valence-electron chi connectivity index (χ1n) is 5.55. The maximum atomic E-state index is 12.1. The molecule has 0 saturated carbocycles. The van der Waals surface area contributed by atoms with Gasteiger partial charge in [-0.2, -0.15) is 0 Å². The van der Waals surface area contributed by atoms with Gasteiger partial charge in [0.05, 0.1) is 10.0 Å². The Morgan fingerprint density at radius 1 is 1.26 bits per heavy atom. The topological polar surface area (TPSA) is 58.2 Å². The van der Waals surface area contributed by atoms with E-state index in [1.807, 2.05) is 13.8 Å². The Morgan fingerprint density at radius 2 is 1.79 bits per heavy atom. The van der Waals surface area contributed by atoms with Crippen molar-refractivity contribution >= 4 is 45.6 Å². The number of halogens is 3. The lowest BCUT2D eigenvalue weighted by Gasteiger charge is -2.14. The van der Waals surface area contributed by atoms with Gasteiger partial charge in [-0.3, -0.25) is 0 Å². The van der Waals surface area contributed by atoms with Crippen LogP contribution in [0.15, 0.2) is 23.1 Å². The lowest BCUT2D eigenvalue weighted by molar-refractivity contribution is 0.536. The Balaban J connectivity index is 0.00000324. The van der Waals surface area contributed by atoms with E-state index < -0.39 is 10.0 Å². The molecule has 0 saturated heterocycles. The molecule has 0 aliphatic carbocycles. The third-order valence-corrected chi connectivity index (χ3v) is 4.70. The molecule has 8 heteroatoms. The summed E-state index contributed by atoms with van der Waals surface area (Å²) >= 11 is 11.7. The molecule has 0 spiro atoms. The molecule has 1 rings (SSSR count). The number of hydrogen-bond acceptors (Lipinski definition) is 3.